The third kappa shape index (κ3) is 9.22. The Bertz CT molecular complexity index is 1700. The minimum atomic E-state index is -0.767. The quantitative estimate of drug-likeness (QED) is 0.126. The third-order valence-corrected chi connectivity index (χ3v) is 9.20. The number of ether oxygens (including phenoxy) is 2. The Morgan fingerprint density at radius 1 is 1.17 bits per heavy atom. The number of aliphatic hydroxyl groups is 1. The number of hydrogen-bond donors (Lipinski definition) is 3. The summed E-state index contributed by atoms with van der Waals surface area (Å²) in [6.45, 7) is 8.03. The fraction of sp³-hybridized carbons (Fsp3) is 0.395. The van der Waals surface area contributed by atoms with Gasteiger partial charge in [-0.1, -0.05) is 70.3 Å². The van der Waals surface area contributed by atoms with Crippen molar-refractivity contribution in [3.05, 3.63) is 110 Å². The van der Waals surface area contributed by atoms with Crippen LogP contribution in [0, 0.1) is 5.92 Å². The van der Waals surface area contributed by atoms with Gasteiger partial charge in [0.15, 0.2) is 11.5 Å². The molecule has 2 aliphatic rings. The molecule has 3 N–H and O–H groups in total. The number of allylic oxidation sites excluding steroid dienone is 4. The molecule has 1 saturated heterocycles. The highest BCUT2D eigenvalue weighted by Gasteiger charge is 2.34. The molecule has 8 nitrogen and oxygen atoms in total. The lowest BCUT2D eigenvalue weighted by atomic mass is 9.78. The molecule has 5 rings (SSSR count). The van der Waals surface area contributed by atoms with Crippen molar-refractivity contribution in [1.82, 2.24) is 15.8 Å². The van der Waals surface area contributed by atoms with Crippen LogP contribution in [0.25, 0.3) is 11.3 Å². The zero-order valence-electron chi connectivity index (χ0n) is 27.7. The summed E-state index contributed by atoms with van der Waals surface area (Å²) in [7, 11) is 0. The molecule has 0 bridgehead atoms. The molecule has 48 heavy (non-hydrogen) atoms. The van der Waals surface area contributed by atoms with Gasteiger partial charge in [0.2, 0.25) is 5.91 Å². The van der Waals surface area contributed by atoms with E-state index in [2.05, 4.69) is 33.7 Å². The monoisotopic (exact) mass is 691 g/mol. The molecule has 1 aliphatic carbocycles. The Labute approximate surface area is 292 Å². The number of carbonyl (C=O) groups is 1. The molecule has 3 atom stereocenters. The first-order valence-corrected chi connectivity index (χ1v) is 17.2. The molecule has 254 valence electrons. The number of aromatic nitrogens is 1. The zero-order valence-corrected chi connectivity index (χ0v) is 29.2. The van der Waals surface area contributed by atoms with Crippen molar-refractivity contribution in [2.24, 2.45) is 5.92 Å². The van der Waals surface area contributed by atoms with Gasteiger partial charge >= 0.3 is 0 Å². The highest BCUT2D eigenvalue weighted by atomic mass is 35.5. The van der Waals surface area contributed by atoms with Crippen LogP contribution in [0.3, 0.4) is 0 Å². The normalized spacial score (nSPS) is 18.8. The van der Waals surface area contributed by atoms with Gasteiger partial charge in [-0.25, -0.2) is 0 Å². The van der Waals surface area contributed by atoms with Crippen molar-refractivity contribution in [2.45, 2.75) is 58.5 Å². The van der Waals surface area contributed by atoms with Crippen LogP contribution in [0.5, 0.6) is 5.75 Å². The summed E-state index contributed by atoms with van der Waals surface area (Å²) in [6, 6.07) is 16.1. The fourth-order valence-electron chi connectivity index (χ4n) is 6.26. The van der Waals surface area contributed by atoms with Gasteiger partial charge in [-0.3, -0.25) is 4.79 Å². The van der Waals surface area contributed by atoms with Crippen molar-refractivity contribution < 1.29 is 23.9 Å². The van der Waals surface area contributed by atoms with Gasteiger partial charge in [0.1, 0.15) is 24.0 Å². The number of hydrogen-bond acceptors (Lipinski definition) is 7. The Hall–Kier alpha value is -3.78. The minimum absolute atomic E-state index is 0.0595. The highest BCUT2D eigenvalue weighted by molar-refractivity contribution is 6.36. The molecule has 2 aromatic carbocycles. The lowest BCUT2D eigenvalue weighted by Crippen LogP contribution is -2.36. The third-order valence-electron chi connectivity index (χ3n) is 8.64. The van der Waals surface area contributed by atoms with E-state index in [1.165, 1.54) is 12.5 Å². The summed E-state index contributed by atoms with van der Waals surface area (Å²) in [5.41, 5.74) is 8.72. The van der Waals surface area contributed by atoms with Crippen molar-refractivity contribution >= 4 is 29.1 Å². The highest BCUT2D eigenvalue weighted by Crippen LogP contribution is 2.41. The van der Waals surface area contributed by atoms with Gasteiger partial charge in [0.05, 0.1) is 22.4 Å². The molecule has 3 unspecified atom stereocenters. The van der Waals surface area contributed by atoms with E-state index in [1.54, 1.807) is 6.92 Å². The predicted octanol–water partition coefficient (Wildman–Crippen LogP) is 7.48. The van der Waals surface area contributed by atoms with Gasteiger partial charge in [-0.2, -0.15) is 0 Å². The summed E-state index contributed by atoms with van der Waals surface area (Å²) in [5.74, 6) is 2.01. The average Bonchev–Trinajstić information content (AvgIpc) is 3.50. The van der Waals surface area contributed by atoms with E-state index in [9.17, 15) is 9.90 Å². The summed E-state index contributed by atoms with van der Waals surface area (Å²) in [4.78, 5) is 11.4. The van der Waals surface area contributed by atoms with Gasteiger partial charge in [0.25, 0.3) is 0 Å². The summed E-state index contributed by atoms with van der Waals surface area (Å²) in [6.07, 6.45) is 6.14. The van der Waals surface area contributed by atoms with Crippen LogP contribution in [0.1, 0.15) is 68.0 Å². The van der Waals surface area contributed by atoms with E-state index in [1.807, 2.05) is 55.5 Å². The molecule has 0 saturated carbocycles. The van der Waals surface area contributed by atoms with E-state index >= 15 is 0 Å². The molecule has 10 heteroatoms. The second kappa shape index (κ2) is 17.0. The van der Waals surface area contributed by atoms with Crippen molar-refractivity contribution in [2.75, 3.05) is 32.8 Å². The molecule has 1 aliphatic heterocycles. The van der Waals surface area contributed by atoms with Crippen LogP contribution in [0.15, 0.2) is 92.3 Å². The van der Waals surface area contributed by atoms with E-state index in [0.717, 1.165) is 66.1 Å². The Balaban J connectivity index is 1.24. The molecule has 0 radical (unpaired) electrons. The molecule has 0 spiro atoms. The first-order chi connectivity index (χ1) is 23.2. The topological polar surface area (TPSA) is 106 Å². The SMILES string of the molecule is CC(=O)NCCc1ccccc1-c1onc(C2CNCCC2Cc2ccc(OCCOC3=C(Cl)C=C(C)CC=C=C3Cl)cc2)c1C(C)O. The average molecular weight is 693 g/mol. The van der Waals surface area contributed by atoms with Crippen LogP contribution in [-0.2, 0) is 22.4 Å². The number of amides is 1. The smallest absolute Gasteiger partial charge is 0.216 e. The zero-order chi connectivity index (χ0) is 34.0. The second-order valence-corrected chi connectivity index (χ2v) is 13.1. The number of nitrogens with one attached hydrogen (secondary N) is 2. The van der Waals surface area contributed by atoms with E-state index in [0.29, 0.717) is 47.1 Å². The van der Waals surface area contributed by atoms with E-state index in [-0.39, 0.29) is 18.4 Å². The summed E-state index contributed by atoms with van der Waals surface area (Å²) in [5, 5.41) is 22.8. The maximum atomic E-state index is 11.4. The number of halogens is 2. The van der Waals surface area contributed by atoms with Crippen molar-refractivity contribution in [3.63, 3.8) is 0 Å². The number of aliphatic hydroxyl groups excluding tert-OH is 1. The van der Waals surface area contributed by atoms with Crippen LogP contribution >= 0.6 is 23.2 Å². The Kier molecular flexibility index (Phi) is 12.6. The van der Waals surface area contributed by atoms with E-state index < -0.39 is 6.10 Å². The molecule has 1 aromatic heterocycles. The van der Waals surface area contributed by atoms with Gasteiger partial charge in [0, 0.05) is 31.5 Å². The largest absolute Gasteiger partial charge is 0.490 e. The standard InChI is InChI=1S/C38H43Cl2N3O5/c1-24-7-6-10-33(39)38(34(40)21-24)47-20-19-46-30-13-11-27(12-14-30)22-29-15-17-41-23-32(29)36-35(25(2)44)37(48-43-36)31-9-5-4-8-28(31)16-18-42-26(3)45/h4-6,8-9,11-14,21,25,29,32,41,44H,7,15-20,22-23H2,1-3H3,(H,42,45). The first-order valence-electron chi connectivity index (χ1n) is 16.4. The number of piperidine rings is 1. The fourth-order valence-corrected chi connectivity index (χ4v) is 6.88. The van der Waals surface area contributed by atoms with Crippen LogP contribution in [0.4, 0.5) is 0 Å². The van der Waals surface area contributed by atoms with Crippen LogP contribution < -0.4 is 15.4 Å². The summed E-state index contributed by atoms with van der Waals surface area (Å²) >= 11 is 12.7. The van der Waals surface area contributed by atoms with Gasteiger partial charge in [-0.05, 0) is 87.4 Å². The number of nitrogens with zero attached hydrogens (tertiary/aromatic N) is 1. The molecular formula is C38H43Cl2N3O5. The molecule has 3 aromatic rings. The number of benzene rings is 2. The first kappa shape index (κ1) is 35.5. The lowest BCUT2D eigenvalue weighted by molar-refractivity contribution is -0.118. The minimum Gasteiger partial charge on any atom is -0.490 e. The van der Waals surface area contributed by atoms with Crippen molar-refractivity contribution in [1.29, 1.82) is 0 Å². The number of carbonyl (C=O) groups excluding carboxylic acids is 1. The molecule has 1 fully saturated rings. The maximum absolute atomic E-state index is 11.4. The predicted molar refractivity (Wildman–Crippen MR) is 189 cm³/mol. The molecule has 1 amide bonds. The Morgan fingerprint density at radius 2 is 1.94 bits per heavy atom. The van der Waals surface area contributed by atoms with Crippen LogP contribution in [0.2, 0.25) is 0 Å². The molecular weight excluding hydrogens is 649 g/mol. The Morgan fingerprint density at radius 3 is 2.71 bits per heavy atom. The van der Waals surface area contributed by atoms with Gasteiger partial charge < -0.3 is 29.7 Å². The van der Waals surface area contributed by atoms with Crippen molar-refractivity contribution in [3.8, 4) is 17.1 Å². The van der Waals surface area contributed by atoms with Crippen LogP contribution in [-0.4, -0.2) is 49.0 Å². The maximum Gasteiger partial charge on any atom is 0.216 e. The van der Waals surface area contributed by atoms with E-state index in [4.69, 9.17) is 37.2 Å². The second-order valence-electron chi connectivity index (χ2n) is 12.3. The van der Waals surface area contributed by atoms with Gasteiger partial charge in [-0.15, -0.1) is 5.73 Å². The lowest BCUT2D eigenvalue weighted by Gasteiger charge is -2.32. The summed E-state index contributed by atoms with van der Waals surface area (Å²) < 4.78 is 17.8. The molecule has 2 heterocycles. The number of rotatable bonds is 13.